The SMILES string of the molecule is CCC(Cc1ccccc1)NC(CC(=O)O)c1cccs1. The van der Waals surface area contributed by atoms with Crippen LogP contribution in [0.2, 0.25) is 0 Å². The number of thiophene rings is 1. The zero-order valence-corrected chi connectivity index (χ0v) is 13.0. The quantitative estimate of drug-likeness (QED) is 0.778. The minimum atomic E-state index is -0.768. The number of hydrogen-bond donors (Lipinski definition) is 2. The molecule has 0 fully saturated rings. The maximum atomic E-state index is 11.1. The minimum Gasteiger partial charge on any atom is -0.481 e. The number of carboxylic acid groups (broad SMARTS) is 1. The zero-order chi connectivity index (χ0) is 15.1. The van der Waals surface area contributed by atoms with Crippen LogP contribution in [0.3, 0.4) is 0 Å². The second-order valence-electron chi connectivity index (χ2n) is 5.13. The maximum Gasteiger partial charge on any atom is 0.305 e. The fourth-order valence-corrected chi connectivity index (χ4v) is 3.20. The molecular weight excluding hydrogens is 282 g/mol. The predicted molar refractivity (Wildman–Crippen MR) is 86.7 cm³/mol. The third-order valence-electron chi connectivity index (χ3n) is 3.52. The molecule has 0 spiro atoms. The summed E-state index contributed by atoms with van der Waals surface area (Å²) in [6.07, 6.45) is 2.00. The van der Waals surface area contributed by atoms with Gasteiger partial charge in [0.15, 0.2) is 0 Å². The Balaban J connectivity index is 2.04. The van der Waals surface area contributed by atoms with E-state index >= 15 is 0 Å². The molecule has 1 aromatic carbocycles. The van der Waals surface area contributed by atoms with Gasteiger partial charge in [-0.3, -0.25) is 4.79 Å². The third-order valence-corrected chi connectivity index (χ3v) is 4.51. The average molecular weight is 303 g/mol. The standard InChI is InChI=1S/C17H21NO2S/c1-2-14(11-13-7-4-3-5-8-13)18-15(12-17(19)20)16-9-6-10-21-16/h3-10,14-15,18H,2,11-12H2,1H3,(H,19,20). The molecule has 0 aliphatic heterocycles. The lowest BCUT2D eigenvalue weighted by Gasteiger charge is -2.23. The molecular formula is C17H21NO2S. The lowest BCUT2D eigenvalue weighted by atomic mass is 10.0. The van der Waals surface area contributed by atoms with Crippen molar-refractivity contribution in [3.05, 3.63) is 58.3 Å². The summed E-state index contributed by atoms with van der Waals surface area (Å²) in [5.41, 5.74) is 1.28. The normalized spacial score (nSPS) is 13.8. The van der Waals surface area contributed by atoms with Crippen LogP contribution in [-0.2, 0) is 11.2 Å². The van der Waals surface area contributed by atoms with Crippen molar-refractivity contribution >= 4 is 17.3 Å². The monoisotopic (exact) mass is 303 g/mol. The smallest absolute Gasteiger partial charge is 0.305 e. The van der Waals surface area contributed by atoms with Gasteiger partial charge >= 0.3 is 5.97 Å². The topological polar surface area (TPSA) is 49.3 Å². The molecule has 0 aliphatic rings. The van der Waals surface area contributed by atoms with Crippen molar-refractivity contribution in [3.8, 4) is 0 Å². The number of carbonyl (C=O) groups is 1. The van der Waals surface area contributed by atoms with Gasteiger partial charge in [-0.2, -0.15) is 0 Å². The molecule has 2 rings (SSSR count). The number of hydrogen-bond acceptors (Lipinski definition) is 3. The molecule has 2 unspecified atom stereocenters. The Kier molecular flexibility index (Phi) is 5.96. The first kappa shape index (κ1) is 15.7. The lowest BCUT2D eigenvalue weighted by Crippen LogP contribution is -2.35. The van der Waals surface area contributed by atoms with Crippen molar-refractivity contribution in [1.82, 2.24) is 5.32 Å². The van der Waals surface area contributed by atoms with Gasteiger partial charge in [-0.05, 0) is 29.9 Å². The van der Waals surface area contributed by atoms with E-state index in [1.807, 2.05) is 35.7 Å². The summed E-state index contributed by atoms with van der Waals surface area (Å²) in [5.74, 6) is -0.768. The van der Waals surface area contributed by atoms with E-state index in [2.05, 4.69) is 24.4 Å². The van der Waals surface area contributed by atoms with Crippen LogP contribution in [-0.4, -0.2) is 17.1 Å². The Labute approximate surface area is 129 Å². The van der Waals surface area contributed by atoms with Crippen LogP contribution in [0.5, 0.6) is 0 Å². The molecule has 2 aromatic rings. The molecule has 4 heteroatoms. The Bertz CT molecular complexity index is 539. The first-order chi connectivity index (χ1) is 10.2. The van der Waals surface area contributed by atoms with E-state index in [0.717, 1.165) is 17.7 Å². The Morgan fingerprint density at radius 3 is 2.57 bits per heavy atom. The largest absolute Gasteiger partial charge is 0.481 e. The van der Waals surface area contributed by atoms with Crippen molar-refractivity contribution in [3.63, 3.8) is 0 Å². The molecule has 2 N–H and O–H groups in total. The van der Waals surface area contributed by atoms with E-state index < -0.39 is 5.97 Å². The van der Waals surface area contributed by atoms with Crippen LogP contribution in [0.25, 0.3) is 0 Å². The molecule has 0 saturated carbocycles. The molecule has 0 radical (unpaired) electrons. The van der Waals surface area contributed by atoms with Crippen molar-refractivity contribution < 1.29 is 9.90 Å². The van der Waals surface area contributed by atoms with E-state index in [1.54, 1.807) is 11.3 Å². The van der Waals surface area contributed by atoms with Crippen LogP contribution >= 0.6 is 11.3 Å². The van der Waals surface area contributed by atoms with Crippen molar-refractivity contribution in [2.75, 3.05) is 0 Å². The average Bonchev–Trinajstić information content (AvgIpc) is 3.00. The van der Waals surface area contributed by atoms with Gasteiger partial charge in [0, 0.05) is 10.9 Å². The highest BCUT2D eigenvalue weighted by atomic mass is 32.1. The maximum absolute atomic E-state index is 11.1. The summed E-state index contributed by atoms with van der Waals surface area (Å²) in [6, 6.07) is 14.4. The summed E-state index contributed by atoms with van der Waals surface area (Å²) in [5, 5.41) is 14.6. The molecule has 0 aliphatic carbocycles. The molecule has 3 nitrogen and oxygen atoms in total. The predicted octanol–water partition coefficient (Wildman–Crippen LogP) is 3.87. The van der Waals surface area contributed by atoms with Crippen molar-refractivity contribution in [1.29, 1.82) is 0 Å². The van der Waals surface area contributed by atoms with Gasteiger partial charge in [-0.25, -0.2) is 0 Å². The molecule has 2 atom stereocenters. The highest BCUT2D eigenvalue weighted by Crippen LogP contribution is 2.23. The molecule has 0 bridgehead atoms. The van der Waals surface area contributed by atoms with E-state index in [9.17, 15) is 4.79 Å². The highest BCUT2D eigenvalue weighted by Gasteiger charge is 2.20. The molecule has 0 saturated heterocycles. The van der Waals surface area contributed by atoms with Crippen LogP contribution in [0.1, 0.15) is 36.2 Å². The van der Waals surface area contributed by atoms with Gasteiger partial charge in [0.2, 0.25) is 0 Å². The van der Waals surface area contributed by atoms with Crippen LogP contribution in [0.15, 0.2) is 47.8 Å². The first-order valence-electron chi connectivity index (χ1n) is 7.24. The lowest BCUT2D eigenvalue weighted by molar-refractivity contribution is -0.137. The number of carboxylic acids is 1. The molecule has 1 aromatic heterocycles. The fourth-order valence-electron chi connectivity index (χ4n) is 2.41. The van der Waals surface area contributed by atoms with Crippen LogP contribution in [0.4, 0.5) is 0 Å². The minimum absolute atomic E-state index is 0.115. The summed E-state index contributed by atoms with van der Waals surface area (Å²) in [7, 11) is 0. The Morgan fingerprint density at radius 1 is 1.24 bits per heavy atom. The van der Waals surface area contributed by atoms with E-state index in [4.69, 9.17) is 5.11 Å². The molecule has 21 heavy (non-hydrogen) atoms. The summed E-state index contributed by atoms with van der Waals surface area (Å²) < 4.78 is 0. The van der Waals surface area contributed by atoms with Gasteiger partial charge in [0.05, 0.1) is 12.5 Å². The van der Waals surface area contributed by atoms with Crippen molar-refractivity contribution in [2.45, 2.75) is 38.3 Å². The van der Waals surface area contributed by atoms with Crippen LogP contribution < -0.4 is 5.32 Å². The van der Waals surface area contributed by atoms with Gasteiger partial charge < -0.3 is 10.4 Å². The summed E-state index contributed by atoms with van der Waals surface area (Å²) in [6.45, 7) is 2.13. The highest BCUT2D eigenvalue weighted by molar-refractivity contribution is 7.10. The van der Waals surface area contributed by atoms with Gasteiger partial charge in [-0.1, -0.05) is 43.3 Å². The third kappa shape index (κ3) is 4.99. The molecule has 0 amide bonds. The number of benzene rings is 1. The number of rotatable bonds is 8. The van der Waals surface area contributed by atoms with Gasteiger partial charge in [-0.15, -0.1) is 11.3 Å². The van der Waals surface area contributed by atoms with E-state index in [1.165, 1.54) is 5.56 Å². The summed E-state index contributed by atoms with van der Waals surface area (Å²) in [4.78, 5) is 12.2. The number of nitrogens with one attached hydrogen (secondary N) is 1. The van der Waals surface area contributed by atoms with E-state index in [-0.39, 0.29) is 18.5 Å². The second kappa shape index (κ2) is 7.96. The first-order valence-corrected chi connectivity index (χ1v) is 8.12. The van der Waals surface area contributed by atoms with Gasteiger partial charge in [0.1, 0.15) is 0 Å². The molecule has 112 valence electrons. The van der Waals surface area contributed by atoms with Gasteiger partial charge in [0.25, 0.3) is 0 Å². The summed E-state index contributed by atoms with van der Waals surface area (Å²) >= 11 is 1.61. The van der Waals surface area contributed by atoms with Crippen molar-refractivity contribution in [2.24, 2.45) is 0 Å². The fraction of sp³-hybridized carbons (Fsp3) is 0.353. The molecule has 1 heterocycles. The number of aliphatic carboxylic acids is 1. The zero-order valence-electron chi connectivity index (χ0n) is 12.2. The Morgan fingerprint density at radius 2 is 2.00 bits per heavy atom. The van der Waals surface area contributed by atoms with Crippen LogP contribution in [0, 0.1) is 0 Å². The van der Waals surface area contributed by atoms with E-state index in [0.29, 0.717) is 0 Å². The second-order valence-corrected chi connectivity index (χ2v) is 6.11. The Hall–Kier alpha value is -1.65.